The van der Waals surface area contributed by atoms with E-state index in [1.54, 1.807) is 0 Å². The van der Waals surface area contributed by atoms with Crippen LogP contribution in [0.3, 0.4) is 0 Å². The van der Waals surface area contributed by atoms with Crippen molar-refractivity contribution in [2.75, 3.05) is 38.3 Å². The highest BCUT2D eigenvalue weighted by Gasteiger charge is 2.21. The van der Waals surface area contributed by atoms with Crippen LogP contribution in [0.15, 0.2) is 59.6 Å². The van der Waals surface area contributed by atoms with Gasteiger partial charge in [0, 0.05) is 32.4 Å². The molecule has 0 saturated carbocycles. The second-order valence-corrected chi connectivity index (χ2v) is 6.56. The minimum absolute atomic E-state index is 0.795. The molecule has 1 aliphatic rings. The van der Waals surface area contributed by atoms with Gasteiger partial charge >= 0.3 is 0 Å². The Kier molecular flexibility index (Phi) is 7.08. The molecule has 4 heteroatoms. The molecule has 0 amide bonds. The largest absolute Gasteiger partial charge is 0.381 e. The molecule has 0 atom stereocenters. The van der Waals surface area contributed by atoms with E-state index in [2.05, 4.69) is 63.7 Å². The number of benzene rings is 2. The number of unbranched alkanes of at least 4 members (excludes halogenated alkanes) is 1. The molecule has 2 aromatic rings. The van der Waals surface area contributed by atoms with Crippen LogP contribution in [0.5, 0.6) is 0 Å². The lowest BCUT2D eigenvalue weighted by Crippen LogP contribution is -2.41. The summed E-state index contributed by atoms with van der Waals surface area (Å²) in [6, 6.07) is 19.1. The summed E-state index contributed by atoms with van der Waals surface area (Å²) >= 11 is 0. The molecular formula is C22H29N3O. The average molecular weight is 351 g/mol. The molecule has 3 rings (SSSR count). The maximum absolute atomic E-state index is 5.75. The summed E-state index contributed by atoms with van der Waals surface area (Å²) in [5.41, 5.74) is 4.02. The number of para-hydroxylation sites is 1. The quantitative estimate of drug-likeness (QED) is 0.448. The van der Waals surface area contributed by atoms with E-state index < -0.39 is 0 Å². The SMILES string of the molecule is CN=C(NCCCCOCCc1ccccc1)N1CCc2ccccc21. The molecule has 0 fully saturated rings. The smallest absolute Gasteiger partial charge is 0.198 e. The zero-order chi connectivity index (χ0) is 18.0. The van der Waals surface area contributed by atoms with E-state index in [-0.39, 0.29) is 0 Å². The zero-order valence-corrected chi connectivity index (χ0v) is 15.7. The summed E-state index contributed by atoms with van der Waals surface area (Å²) < 4.78 is 5.75. The number of hydrogen-bond donors (Lipinski definition) is 1. The minimum atomic E-state index is 0.795. The summed E-state index contributed by atoms with van der Waals surface area (Å²) in [4.78, 5) is 6.73. The Morgan fingerprint density at radius 2 is 1.85 bits per heavy atom. The van der Waals surface area contributed by atoms with Crippen molar-refractivity contribution >= 4 is 11.6 Å². The standard InChI is InChI=1S/C22H29N3O/c1-23-22(25-16-13-20-11-5-6-12-21(20)25)24-15-7-8-17-26-18-14-19-9-3-2-4-10-19/h2-6,9-12H,7-8,13-18H2,1H3,(H,23,24). The van der Waals surface area contributed by atoms with Gasteiger partial charge in [0.2, 0.25) is 0 Å². The van der Waals surface area contributed by atoms with Crippen molar-refractivity contribution in [2.45, 2.75) is 25.7 Å². The monoisotopic (exact) mass is 351 g/mol. The van der Waals surface area contributed by atoms with E-state index in [9.17, 15) is 0 Å². The van der Waals surface area contributed by atoms with Gasteiger partial charge in [-0.3, -0.25) is 4.99 Å². The van der Waals surface area contributed by atoms with E-state index in [0.29, 0.717) is 0 Å². The van der Waals surface area contributed by atoms with Crippen molar-refractivity contribution < 1.29 is 4.74 Å². The van der Waals surface area contributed by atoms with Crippen molar-refractivity contribution in [3.05, 3.63) is 65.7 Å². The fraction of sp³-hybridized carbons (Fsp3) is 0.409. The van der Waals surface area contributed by atoms with Crippen LogP contribution >= 0.6 is 0 Å². The molecule has 4 nitrogen and oxygen atoms in total. The number of guanidine groups is 1. The number of nitrogens with one attached hydrogen (secondary N) is 1. The predicted molar refractivity (Wildman–Crippen MR) is 109 cm³/mol. The Labute approximate surface area is 156 Å². The molecule has 1 heterocycles. The lowest BCUT2D eigenvalue weighted by atomic mass is 10.2. The van der Waals surface area contributed by atoms with Gasteiger partial charge in [0.15, 0.2) is 5.96 Å². The van der Waals surface area contributed by atoms with Crippen LogP contribution in [0.4, 0.5) is 5.69 Å². The van der Waals surface area contributed by atoms with Gasteiger partial charge in [0.25, 0.3) is 0 Å². The molecule has 0 spiro atoms. The summed E-state index contributed by atoms with van der Waals surface area (Å²) in [5, 5.41) is 3.49. The number of anilines is 1. The Hall–Kier alpha value is -2.33. The number of fused-ring (bicyclic) bond motifs is 1. The Morgan fingerprint density at radius 1 is 1.04 bits per heavy atom. The third-order valence-corrected chi connectivity index (χ3v) is 4.73. The predicted octanol–water partition coefficient (Wildman–Crippen LogP) is 3.66. The number of hydrogen-bond acceptors (Lipinski definition) is 2. The van der Waals surface area contributed by atoms with Gasteiger partial charge in [0.05, 0.1) is 6.61 Å². The van der Waals surface area contributed by atoms with Crippen LogP contribution in [0.1, 0.15) is 24.0 Å². The van der Waals surface area contributed by atoms with Crippen molar-refractivity contribution in [3.63, 3.8) is 0 Å². The van der Waals surface area contributed by atoms with Gasteiger partial charge in [-0.25, -0.2) is 0 Å². The van der Waals surface area contributed by atoms with E-state index in [1.807, 2.05) is 13.1 Å². The number of nitrogens with zero attached hydrogens (tertiary/aromatic N) is 2. The molecule has 1 aliphatic heterocycles. The van der Waals surface area contributed by atoms with Crippen LogP contribution in [-0.4, -0.2) is 39.3 Å². The Balaban J connectivity index is 1.30. The summed E-state index contributed by atoms with van der Waals surface area (Å²) in [7, 11) is 1.86. The summed E-state index contributed by atoms with van der Waals surface area (Å²) in [5.74, 6) is 0.972. The normalized spacial score (nSPS) is 13.7. The maximum atomic E-state index is 5.75. The van der Waals surface area contributed by atoms with E-state index in [1.165, 1.54) is 16.8 Å². The van der Waals surface area contributed by atoms with Crippen molar-refractivity contribution in [3.8, 4) is 0 Å². The molecule has 1 N–H and O–H groups in total. The number of aliphatic imine (C=N–C) groups is 1. The highest BCUT2D eigenvalue weighted by molar-refractivity contribution is 5.97. The van der Waals surface area contributed by atoms with Crippen molar-refractivity contribution in [2.24, 2.45) is 4.99 Å². The molecule has 0 radical (unpaired) electrons. The maximum Gasteiger partial charge on any atom is 0.198 e. The fourth-order valence-corrected chi connectivity index (χ4v) is 3.32. The molecular weight excluding hydrogens is 322 g/mol. The van der Waals surface area contributed by atoms with Crippen LogP contribution in [0.2, 0.25) is 0 Å². The van der Waals surface area contributed by atoms with Gasteiger partial charge in [-0.15, -0.1) is 0 Å². The van der Waals surface area contributed by atoms with Crippen LogP contribution in [0, 0.1) is 0 Å². The second kappa shape index (κ2) is 9.97. The van der Waals surface area contributed by atoms with Crippen LogP contribution in [0.25, 0.3) is 0 Å². The highest BCUT2D eigenvalue weighted by Crippen LogP contribution is 2.27. The first-order chi connectivity index (χ1) is 12.9. The lowest BCUT2D eigenvalue weighted by molar-refractivity contribution is 0.133. The van der Waals surface area contributed by atoms with Gasteiger partial charge in [0.1, 0.15) is 0 Å². The van der Waals surface area contributed by atoms with Gasteiger partial charge in [-0.2, -0.15) is 0 Å². The molecule has 0 bridgehead atoms. The van der Waals surface area contributed by atoms with Crippen molar-refractivity contribution in [1.82, 2.24) is 5.32 Å². The Morgan fingerprint density at radius 3 is 2.69 bits per heavy atom. The summed E-state index contributed by atoms with van der Waals surface area (Å²) in [6.07, 6.45) is 4.22. The summed E-state index contributed by atoms with van der Waals surface area (Å²) in [6.45, 7) is 3.54. The first-order valence-electron chi connectivity index (χ1n) is 9.56. The molecule has 0 saturated heterocycles. The lowest BCUT2D eigenvalue weighted by Gasteiger charge is -2.22. The van der Waals surface area contributed by atoms with Crippen LogP contribution < -0.4 is 10.2 Å². The molecule has 0 aromatic heterocycles. The fourth-order valence-electron chi connectivity index (χ4n) is 3.32. The third kappa shape index (κ3) is 5.09. The van der Waals surface area contributed by atoms with Gasteiger partial charge in [-0.05, 0) is 42.9 Å². The molecule has 138 valence electrons. The van der Waals surface area contributed by atoms with E-state index >= 15 is 0 Å². The molecule has 26 heavy (non-hydrogen) atoms. The van der Waals surface area contributed by atoms with Gasteiger partial charge < -0.3 is 15.0 Å². The van der Waals surface area contributed by atoms with Crippen LogP contribution in [-0.2, 0) is 17.6 Å². The zero-order valence-electron chi connectivity index (χ0n) is 15.7. The first kappa shape index (κ1) is 18.5. The first-order valence-corrected chi connectivity index (χ1v) is 9.56. The minimum Gasteiger partial charge on any atom is -0.381 e. The van der Waals surface area contributed by atoms with Crippen molar-refractivity contribution in [1.29, 1.82) is 0 Å². The average Bonchev–Trinajstić information content (AvgIpc) is 3.12. The third-order valence-electron chi connectivity index (χ3n) is 4.73. The second-order valence-electron chi connectivity index (χ2n) is 6.56. The number of rotatable bonds is 8. The number of ether oxygens (including phenoxy) is 1. The topological polar surface area (TPSA) is 36.9 Å². The highest BCUT2D eigenvalue weighted by atomic mass is 16.5. The van der Waals surface area contributed by atoms with Gasteiger partial charge in [-0.1, -0.05) is 48.5 Å². The molecule has 0 aliphatic carbocycles. The molecule has 0 unspecified atom stereocenters. The van der Waals surface area contributed by atoms with E-state index in [0.717, 1.165) is 57.9 Å². The Bertz CT molecular complexity index is 700. The molecule has 2 aromatic carbocycles. The van der Waals surface area contributed by atoms with E-state index in [4.69, 9.17) is 4.74 Å².